The van der Waals surface area contributed by atoms with Gasteiger partial charge in [0.1, 0.15) is 12.4 Å². The van der Waals surface area contributed by atoms with Gasteiger partial charge in [-0.3, -0.25) is 0 Å². The Hall–Kier alpha value is -1.52. The second-order valence-corrected chi connectivity index (χ2v) is 2.63. The predicted molar refractivity (Wildman–Crippen MR) is 51.6 cm³/mol. The Balaban J connectivity index is 2.48. The van der Waals surface area contributed by atoms with Crippen LogP contribution in [0, 0.1) is 0 Å². The lowest BCUT2D eigenvalue weighted by Crippen LogP contribution is -2.06. The number of ether oxygens (including phenoxy) is 1. The molecule has 0 aromatic carbocycles. The normalized spacial score (nSPS) is 9.79. The Labute approximate surface area is 82.1 Å². The van der Waals surface area contributed by atoms with Gasteiger partial charge in [0.2, 0.25) is 0 Å². The fourth-order valence-corrected chi connectivity index (χ4v) is 1.07. The van der Waals surface area contributed by atoms with Gasteiger partial charge in [0.25, 0.3) is 0 Å². The van der Waals surface area contributed by atoms with Crippen LogP contribution in [0.1, 0.15) is 12.7 Å². The first kappa shape index (κ1) is 10.6. The van der Waals surface area contributed by atoms with Crippen LogP contribution >= 0.6 is 0 Å². The summed E-state index contributed by atoms with van der Waals surface area (Å²) in [5.41, 5.74) is 8.11. The molecule has 0 saturated carbocycles. The Morgan fingerprint density at radius 1 is 1.71 bits per heavy atom. The molecular formula is C8H13N5O. The third kappa shape index (κ3) is 3.08. The van der Waals surface area contributed by atoms with E-state index >= 15 is 0 Å². The lowest BCUT2D eigenvalue weighted by atomic mass is 10.5. The molecule has 1 rings (SSSR count). The highest BCUT2D eigenvalue weighted by Crippen LogP contribution is 1.99. The minimum Gasteiger partial charge on any atom is -0.374 e. The molecule has 1 heterocycles. The third-order valence-electron chi connectivity index (χ3n) is 1.74. The van der Waals surface area contributed by atoms with Crippen molar-refractivity contribution >= 4 is 0 Å². The first-order valence-electron chi connectivity index (χ1n) is 4.47. The average molecular weight is 195 g/mol. The van der Waals surface area contributed by atoms with Crippen LogP contribution in [0.3, 0.4) is 0 Å². The maximum atomic E-state index is 8.11. The summed E-state index contributed by atoms with van der Waals surface area (Å²) in [6.45, 7) is 4.19. The zero-order valence-electron chi connectivity index (χ0n) is 8.13. The summed E-state index contributed by atoms with van der Waals surface area (Å²) in [5, 5.41) is 3.46. The van der Waals surface area contributed by atoms with E-state index < -0.39 is 0 Å². The molecule has 76 valence electrons. The van der Waals surface area contributed by atoms with Crippen LogP contribution in [0.4, 0.5) is 0 Å². The van der Waals surface area contributed by atoms with Gasteiger partial charge in [0.15, 0.2) is 0 Å². The highest BCUT2D eigenvalue weighted by molar-refractivity contribution is 4.90. The topological polar surface area (TPSA) is 75.8 Å². The molecule has 1 aromatic heterocycles. The summed E-state index contributed by atoms with van der Waals surface area (Å²) in [6, 6.07) is 0. The molecule has 0 fully saturated rings. The van der Waals surface area contributed by atoms with E-state index in [1.807, 2.05) is 17.7 Å². The van der Waals surface area contributed by atoms with E-state index in [0.29, 0.717) is 26.3 Å². The fourth-order valence-electron chi connectivity index (χ4n) is 1.07. The van der Waals surface area contributed by atoms with Crippen LogP contribution in [-0.4, -0.2) is 22.7 Å². The fraction of sp³-hybridized carbons (Fsp3) is 0.625. The summed E-state index contributed by atoms with van der Waals surface area (Å²) in [4.78, 5) is 6.82. The molecular weight excluding hydrogens is 182 g/mol. The Morgan fingerprint density at radius 3 is 3.29 bits per heavy atom. The monoisotopic (exact) mass is 195 g/mol. The van der Waals surface area contributed by atoms with Crippen molar-refractivity contribution < 1.29 is 4.74 Å². The summed E-state index contributed by atoms with van der Waals surface area (Å²) in [7, 11) is 0. The van der Waals surface area contributed by atoms with Crippen molar-refractivity contribution in [2.75, 3.05) is 13.2 Å². The number of azide groups is 1. The van der Waals surface area contributed by atoms with Crippen LogP contribution in [0.2, 0.25) is 0 Å². The predicted octanol–water partition coefficient (Wildman–Crippen LogP) is 1.73. The van der Waals surface area contributed by atoms with Crippen molar-refractivity contribution in [2.24, 2.45) is 5.11 Å². The minimum absolute atomic E-state index is 0.436. The average Bonchev–Trinajstić information content (AvgIpc) is 2.63. The van der Waals surface area contributed by atoms with Crippen molar-refractivity contribution in [3.63, 3.8) is 0 Å². The quantitative estimate of drug-likeness (QED) is 0.393. The first-order chi connectivity index (χ1) is 6.88. The third-order valence-corrected chi connectivity index (χ3v) is 1.74. The standard InChI is InChI=1S/C8H13N5O/c1-2-14-7-8-10-3-5-13(8)6-4-11-12-9/h3,5H,2,4,6-7H2,1H3. The molecule has 0 aliphatic carbocycles. The number of hydrogen-bond acceptors (Lipinski definition) is 3. The second kappa shape index (κ2) is 6.01. The van der Waals surface area contributed by atoms with Gasteiger partial charge in [-0.1, -0.05) is 5.11 Å². The lowest BCUT2D eigenvalue weighted by Gasteiger charge is -2.05. The molecule has 6 heteroatoms. The molecule has 14 heavy (non-hydrogen) atoms. The van der Waals surface area contributed by atoms with Crippen LogP contribution in [0.25, 0.3) is 10.4 Å². The number of rotatable bonds is 6. The van der Waals surface area contributed by atoms with Gasteiger partial charge in [0.05, 0.1) is 0 Å². The molecule has 0 aliphatic rings. The molecule has 0 N–H and O–H groups in total. The Morgan fingerprint density at radius 2 is 2.57 bits per heavy atom. The van der Waals surface area contributed by atoms with E-state index in [9.17, 15) is 0 Å². The van der Waals surface area contributed by atoms with Gasteiger partial charge in [-0.2, -0.15) is 0 Å². The molecule has 1 aromatic rings. The van der Waals surface area contributed by atoms with Gasteiger partial charge in [-0.25, -0.2) is 4.98 Å². The largest absolute Gasteiger partial charge is 0.374 e. The van der Waals surface area contributed by atoms with Gasteiger partial charge < -0.3 is 9.30 Å². The summed E-state index contributed by atoms with van der Waals surface area (Å²) < 4.78 is 7.16. The second-order valence-electron chi connectivity index (χ2n) is 2.63. The maximum absolute atomic E-state index is 8.11. The molecule has 0 atom stereocenters. The number of nitrogens with zero attached hydrogens (tertiary/aromatic N) is 5. The van der Waals surface area contributed by atoms with E-state index in [0.717, 1.165) is 5.82 Å². The highest BCUT2D eigenvalue weighted by atomic mass is 16.5. The highest BCUT2D eigenvalue weighted by Gasteiger charge is 2.00. The maximum Gasteiger partial charge on any atom is 0.134 e. The van der Waals surface area contributed by atoms with Crippen LogP contribution in [0.5, 0.6) is 0 Å². The summed E-state index contributed by atoms with van der Waals surface area (Å²) >= 11 is 0. The van der Waals surface area contributed by atoms with Crippen LogP contribution in [-0.2, 0) is 17.9 Å². The molecule has 0 spiro atoms. The van der Waals surface area contributed by atoms with E-state index in [2.05, 4.69) is 15.0 Å². The molecule has 0 saturated heterocycles. The Kier molecular flexibility index (Phi) is 4.54. The molecule has 0 radical (unpaired) electrons. The van der Waals surface area contributed by atoms with Crippen LogP contribution in [0.15, 0.2) is 17.5 Å². The van der Waals surface area contributed by atoms with Crippen molar-refractivity contribution in [1.82, 2.24) is 9.55 Å². The summed E-state index contributed by atoms with van der Waals surface area (Å²) in [5.74, 6) is 0.861. The first-order valence-corrected chi connectivity index (χ1v) is 4.47. The number of imidazole rings is 1. The van der Waals surface area contributed by atoms with Crippen molar-refractivity contribution in [2.45, 2.75) is 20.1 Å². The van der Waals surface area contributed by atoms with E-state index in [-0.39, 0.29) is 0 Å². The van der Waals surface area contributed by atoms with Crippen molar-refractivity contribution in [3.05, 3.63) is 28.7 Å². The molecule has 0 aliphatic heterocycles. The smallest absolute Gasteiger partial charge is 0.134 e. The van der Waals surface area contributed by atoms with Gasteiger partial charge in [0, 0.05) is 37.0 Å². The zero-order valence-corrected chi connectivity index (χ0v) is 8.13. The van der Waals surface area contributed by atoms with E-state index in [1.165, 1.54) is 0 Å². The lowest BCUT2D eigenvalue weighted by molar-refractivity contribution is 0.125. The van der Waals surface area contributed by atoms with Gasteiger partial charge >= 0.3 is 0 Å². The van der Waals surface area contributed by atoms with Crippen molar-refractivity contribution in [3.8, 4) is 0 Å². The SMILES string of the molecule is CCOCc1nccn1CCN=[N+]=[N-]. The molecule has 0 bridgehead atoms. The van der Waals surface area contributed by atoms with Gasteiger partial charge in [-0.05, 0) is 12.5 Å². The van der Waals surface area contributed by atoms with E-state index in [4.69, 9.17) is 10.3 Å². The minimum atomic E-state index is 0.436. The molecule has 0 amide bonds. The number of aromatic nitrogens is 2. The summed E-state index contributed by atoms with van der Waals surface area (Å²) in [6.07, 6.45) is 3.56. The van der Waals surface area contributed by atoms with Crippen LogP contribution < -0.4 is 0 Å². The van der Waals surface area contributed by atoms with E-state index in [1.54, 1.807) is 6.20 Å². The van der Waals surface area contributed by atoms with Gasteiger partial charge in [-0.15, -0.1) is 0 Å². The zero-order chi connectivity index (χ0) is 10.2. The Bertz CT molecular complexity index is 315. The van der Waals surface area contributed by atoms with Crippen molar-refractivity contribution in [1.29, 1.82) is 0 Å². The number of hydrogen-bond donors (Lipinski definition) is 0. The molecule has 0 unspecified atom stereocenters. The molecule has 6 nitrogen and oxygen atoms in total.